The molecule has 0 radical (unpaired) electrons. The Kier molecular flexibility index (Phi) is 3.95. The highest BCUT2D eigenvalue weighted by Crippen LogP contribution is 2.35. The minimum Gasteiger partial charge on any atom is -0.314 e. The molecule has 1 aromatic carbocycles. The Morgan fingerprint density at radius 2 is 1.95 bits per heavy atom. The van der Waals surface area contributed by atoms with E-state index in [9.17, 15) is 0 Å². The molecule has 3 heteroatoms. The average molecular weight is 300 g/mol. The van der Waals surface area contributed by atoms with Crippen LogP contribution in [0.2, 0.25) is 0 Å². The van der Waals surface area contributed by atoms with Gasteiger partial charge in [0.2, 0.25) is 0 Å². The van der Waals surface area contributed by atoms with Crippen LogP contribution in [0.5, 0.6) is 0 Å². The Labute approximate surface area is 131 Å². The van der Waals surface area contributed by atoms with Crippen molar-refractivity contribution < 1.29 is 0 Å². The maximum absolute atomic E-state index is 4.86. The van der Waals surface area contributed by atoms with Gasteiger partial charge in [0.1, 0.15) is 0 Å². The number of fused-ring (bicyclic) bond motifs is 1. The van der Waals surface area contributed by atoms with Gasteiger partial charge in [-0.15, -0.1) is 11.3 Å². The predicted octanol–water partition coefficient (Wildman–Crippen LogP) is 4.40. The topological polar surface area (TPSA) is 24.9 Å². The summed E-state index contributed by atoms with van der Waals surface area (Å²) in [6.07, 6.45) is 9.68. The first-order chi connectivity index (χ1) is 10.4. The maximum atomic E-state index is 4.86. The second-order valence-corrected chi connectivity index (χ2v) is 7.88. The number of hydrogen-bond acceptors (Lipinski definition) is 3. The number of aromatic nitrogens is 1. The normalized spacial score (nSPS) is 21.1. The first-order valence-electron chi connectivity index (χ1n) is 8.46. The van der Waals surface area contributed by atoms with Gasteiger partial charge in [-0.05, 0) is 43.4 Å². The van der Waals surface area contributed by atoms with E-state index in [1.54, 1.807) is 0 Å². The molecule has 1 unspecified atom stereocenters. The fourth-order valence-electron chi connectivity index (χ4n) is 3.67. The molecule has 0 saturated heterocycles. The maximum Gasteiger partial charge on any atom is 0.0941 e. The summed E-state index contributed by atoms with van der Waals surface area (Å²) >= 11 is 1.90. The largest absolute Gasteiger partial charge is 0.314 e. The van der Waals surface area contributed by atoms with Gasteiger partial charge in [-0.3, -0.25) is 0 Å². The first kappa shape index (κ1) is 13.7. The van der Waals surface area contributed by atoms with Crippen molar-refractivity contribution in [2.24, 2.45) is 11.8 Å². The molecule has 0 bridgehead atoms. The third-order valence-electron chi connectivity index (χ3n) is 5.09. The van der Waals surface area contributed by atoms with Gasteiger partial charge in [-0.2, -0.15) is 0 Å². The summed E-state index contributed by atoms with van der Waals surface area (Å²) in [6, 6.07) is 9.37. The Balaban J connectivity index is 1.48. The van der Waals surface area contributed by atoms with Crippen LogP contribution in [-0.4, -0.2) is 17.6 Å². The van der Waals surface area contributed by atoms with E-state index in [-0.39, 0.29) is 0 Å². The fraction of sp³-hybridized carbons (Fsp3) is 0.611. The van der Waals surface area contributed by atoms with Crippen LogP contribution in [0.1, 0.15) is 43.5 Å². The number of benzene rings is 1. The molecule has 0 spiro atoms. The van der Waals surface area contributed by atoms with Crippen molar-refractivity contribution in [2.75, 3.05) is 6.54 Å². The van der Waals surface area contributed by atoms with Crippen LogP contribution in [0.25, 0.3) is 10.2 Å². The lowest BCUT2D eigenvalue weighted by Crippen LogP contribution is -2.30. The molecule has 21 heavy (non-hydrogen) atoms. The van der Waals surface area contributed by atoms with Crippen molar-refractivity contribution in [1.82, 2.24) is 10.3 Å². The van der Waals surface area contributed by atoms with Crippen molar-refractivity contribution in [1.29, 1.82) is 0 Å². The molecule has 1 aromatic heterocycles. The van der Waals surface area contributed by atoms with Gasteiger partial charge in [0, 0.05) is 12.5 Å². The van der Waals surface area contributed by atoms with Crippen LogP contribution >= 0.6 is 11.3 Å². The molecule has 1 atom stereocenters. The van der Waals surface area contributed by atoms with Gasteiger partial charge < -0.3 is 5.32 Å². The summed E-state index contributed by atoms with van der Waals surface area (Å²) in [4.78, 5) is 4.86. The average Bonchev–Trinajstić information content (AvgIpc) is 3.02. The van der Waals surface area contributed by atoms with Gasteiger partial charge in [-0.1, -0.05) is 37.8 Å². The van der Waals surface area contributed by atoms with E-state index in [1.165, 1.54) is 66.7 Å². The molecule has 2 aliphatic rings. The molecule has 0 amide bonds. The lowest BCUT2D eigenvalue weighted by Gasteiger charge is -2.23. The zero-order chi connectivity index (χ0) is 14.1. The minimum atomic E-state index is 0.786. The van der Waals surface area contributed by atoms with Crippen molar-refractivity contribution in [3.05, 3.63) is 29.3 Å². The molecule has 1 N–H and O–H groups in total. The second kappa shape index (κ2) is 6.05. The minimum absolute atomic E-state index is 0.786. The second-order valence-electron chi connectivity index (χ2n) is 6.77. The van der Waals surface area contributed by atoms with Gasteiger partial charge in [-0.25, -0.2) is 4.98 Å². The van der Waals surface area contributed by atoms with E-state index >= 15 is 0 Å². The van der Waals surface area contributed by atoms with Crippen LogP contribution in [0.15, 0.2) is 24.3 Å². The van der Waals surface area contributed by atoms with E-state index < -0.39 is 0 Å². The highest BCUT2D eigenvalue weighted by Gasteiger charge is 2.28. The molecule has 2 nitrogen and oxygen atoms in total. The molecule has 2 saturated carbocycles. The first-order valence-corrected chi connectivity index (χ1v) is 9.28. The Bertz CT molecular complexity index is 563. The van der Waals surface area contributed by atoms with Crippen LogP contribution in [0.3, 0.4) is 0 Å². The molecule has 1 heterocycles. The van der Waals surface area contributed by atoms with E-state index in [0.29, 0.717) is 0 Å². The summed E-state index contributed by atoms with van der Waals surface area (Å²) < 4.78 is 1.34. The number of rotatable bonds is 6. The van der Waals surface area contributed by atoms with Gasteiger partial charge in [0.05, 0.1) is 15.2 Å². The number of nitrogens with one attached hydrogen (secondary N) is 1. The summed E-state index contributed by atoms with van der Waals surface area (Å²) in [5.74, 6) is 1.71. The zero-order valence-corrected chi connectivity index (χ0v) is 13.4. The SMILES string of the molecule is c1ccc2sc(CC(CNC3CC3)C3CCCC3)nc2c1. The van der Waals surface area contributed by atoms with Crippen molar-refractivity contribution in [3.63, 3.8) is 0 Å². The highest BCUT2D eigenvalue weighted by atomic mass is 32.1. The Morgan fingerprint density at radius 3 is 2.71 bits per heavy atom. The number of para-hydroxylation sites is 1. The standard InChI is InChI=1S/C18H24N2S/c1-2-6-13(5-1)14(12-19-15-9-10-15)11-18-20-16-7-3-4-8-17(16)21-18/h3-4,7-8,13-15,19H,1-2,5-6,9-12H2. The molecule has 2 aliphatic carbocycles. The molecular formula is C18H24N2S. The van der Waals surface area contributed by atoms with E-state index in [1.807, 2.05) is 11.3 Å². The Morgan fingerprint density at radius 1 is 1.14 bits per heavy atom. The van der Waals surface area contributed by atoms with E-state index in [0.717, 1.165) is 17.9 Å². The van der Waals surface area contributed by atoms with E-state index in [2.05, 4.69) is 29.6 Å². The van der Waals surface area contributed by atoms with Gasteiger partial charge in [0.25, 0.3) is 0 Å². The fourth-order valence-corrected chi connectivity index (χ4v) is 4.73. The number of thiazole rings is 1. The summed E-state index contributed by atoms with van der Waals surface area (Å²) in [6.45, 7) is 1.20. The monoisotopic (exact) mass is 300 g/mol. The highest BCUT2D eigenvalue weighted by molar-refractivity contribution is 7.18. The van der Waals surface area contributed by atoms with Crippen LogP contribution < -0.4 is 5.32 Å². The quantitative estimate of drug-likeness (QED) is 0.855. The molecule has 112 valence electrons. The smallest absolute Gasteiger partial charge is 0.0941 e. The number of nitrogens with zero attached hydrogens (tertiary/aromatic N) is 1. The molecule has 2 aromatic rings. The summed E-state index contributed by atoms with van der Waals surface area (Å²) in [5.41, 5.74) is 1.18. The van der Waals surface area contributed by atoms with Crippen LogP contribution in [0.4, 0.5) is 0 Å². The number of hydrogen-bond donors (Lipinski definition) is 1. The predicted molar refractivity (Wildman–Crippen MR) is 89.8 cm³/mol. The third-order valence-corrected chi connectivity index (χ3v) is 6.15. The van der Waals surface area contributed by atoms with Crippen molar-refractivity contribution in [2.45, 2.75) is 51.0 Å². The lowest BCUT2D eigenvalue weighted by atomic mass is 9.88. The van der Waals surface area contributed by atoms with Gasteiger partial charge in [0.15, 0.2) is 0 Å². The molecule has 4 rings (SSSR count). The summed E-state index contributed by atoms with van der Waals surface area (Å²) in [7, 11) is 0. The van der Waals surface area contributed by atoms with Crippen molar-refractivity contribution >= 4 is 21.6 Å². The lowest BCUT2D eigenvalue weighted by molar-refractivity contribution is 0.320. The summed E-state index contributed by atoms with van der Waals surface area (Å²) in [5, 5.41) is 5.10. The van der Waals surface area contributed by atoms with Crippen LogP contribution in [0, 0.1) is 11.8 Å². The van der Waals surface area contributed by atoms with Crippen molar-refractivity contribution in [3.8, 4) is 0 Å². The molecule has 2 fully saturated rings. The Hall–Kier alpha value is -0.930. The zero-order valence-electron chi connectivity index (χ0n) is 12.6. The third kappa shape index (κ3) is 3.29. The van der Waals surface area contributed by atoms with E-state index in [4.69, 9.17) is 4.98 Å². The molecule has 0 aliphatic heterocycles. The molecular weight excluding hydrogens is 276 g/mol. The van der Waals surface area contributed by atoms with Crippen LogP contribution in [-0.2, 0) is 6.42 Å². The van der Waals surface area contributed by atoms with Gasteiger partial charge >= 0.3 is 0 Å².